The summed E-state index contributed by atoms with van der Waals surface area (Å²) in [6, 6.07) is 5.94. The van der Waals surface area contributed by atoms with E-state index in [1.54, 1.807) is 0 Å². The number of alkyl halides is 1. The second kappa shape index (κ2) is 3.86. The van der Waals surface area contributed by atoms with Crippen molar-refractivity contribution in [3.63, 3.8) is 0 Å². The third kappa shape index (κ3) is 1.63. The molecule has 0 aliphatic heterocycles. The second-order valence-electron chi connectivity index (χ2n) is 3.86. The first kappa shape index (κ1) is 10.5. The minimum absolute atomic E-state index is 0.0645. The number of esters is 1. The molecule has 1 aliphatic carbocycles. The zero-order valence-corrected chi connectivity index (χ0v) is 9.54. The summed E-state index contributed by atoms with van der Waals surface area (Å²) in [5, 5.41) is -0.0645. The molecule has 2 atom stereocenters. The van der Waals surface area contributed by atoms with E-state index in [2.05, 4.69) is 0 Å². The maximum atomic E-state index is 11.6. The molecule has 3 heteroatoms. The molecule has 0 bridgehead atoms. The van der Waals surface area contributed by atoms with Gasteiger partial charge in [-0.2, -0.15) is 0 Å². The van der Waals surface area contributed by atoms with Gasteiger partial charge in [-0.25, -0.2) is 0 Å². The van der Waals surface area contributed by atoms with Gasteiger partial charge < -0.3 is 4.74 Å². The average molecular weight is 225 g/mol. The number of carbonyl (C=O) groups excluding carboxylic acids is 1. The predicted molar refractivity (Wildman–Crippen MR) is 59.1 cm³/mol. The molecule has 1 aromatic carbocycles. The lowest BCUT2D eigenvalue weighted by Gasteiger charge is -2.08. The Bertz CT molecular complexity index is 401. The molecule has 0 amide bonds. The zero-order chi connectivity index (χ0) is 11.0. The van der Waals surface area contributed by atoms with Gasteiger partial charge in [0.1, 0.15) is 0 Å². The molecular weight excluding hydrogens is 212 g/mol. The minimum atomic E-state index is -0.190. The lowest BCUT2D eigenvalue weighted by molar-refractivity contribution is -0.142. The Labute approximate surface area is 94.2 Å². The first-order valence-electron chi connectivity index (χ1n) is 4.96. The molecule has 80 valence electrons. The van der Waals surface area contributed by atoms with Gasteiger partial charge in [0.15, 0.2) is 0 Å². The predicted octanol–water partition coefficient (Wildman–Crippen LogP) is 2.94. The van der Waals surface area contributed by atoms with Gasteiger partial charge in [0, 0.05) is 0 Å². The highest BCUT2D eigenvalue weighted by atomic mass is 35.5. The Kier molecular flexibility index (Phi) is 2.70. The van der Waals surface area contributed by atoms with Gasteiger partial charge in [0.05, 0.1) is 18.4 Å². The van der Waals surface area contributed by atoms with Crippen molar-refractivity contribution in [2.45, 2.75) is 24.6 Å². The number of rotatable bonds is 1. The van der Waals surface area contributed by atoms with Crippen molar-refractivity contribution in [1.82, 2.24) is 0 Å². The number of fused-ring (bicyclic) bond motifs is 1. The van der Waals surface area contributed by atoms with Crippen LogP contribution in [0.15, 0.2) is 18.2 Å². The summed E-state index contributed by atoms with van der Waals surface area (Å²) in [7, 11) is 1.42. The number of carbonyl (C=O) groups is 1. The van der Waals surface area contributed by atoms with E-state index >= 15 is 0 Å². The normalized spacial score (nSPS) is 23.7. The van der Waals surface area contributed by atoms with Crippen LogP contribution in [-0.4, -0.2) is 13.1 Å². The summed E-state index contributed by atoms with van der Waals surface area (Å²) in [6.07, 6.45) is 0.647. The van der Waals surface area contributed by atoms with Crippen LogP contribution in [0.5, 0.6) is 0 Å². The highest BCUT2D eigenvalue weighted by molar-refractivity contribution is 6.21. The van der Waals surface area contributed by atoms with Crippen LogP contribution in [0.25, 0.3) is 0 Å². The Morgan fingerprint density at radius 1 is 1.53 bits per heavy atom. The second-order valence-corrected chi connectivity index (χ2v) is 4.38. The first-order chi connectivity index (χ1) is 7.15. The lowest BCUT2D eigenvalue weighted by atomic mass is 9.99. The third-order valence-electron chi connectivity index (χ3n) is 2.97. The third-order valence-corrected chi connectivity index (χ3v) is 3.37. The molecule has 2 unspecified atom stereocenters. The summed E-state index contributed by atoms with van der Waals surface area (Å²) >= 11 is 6.24. The summed E-state index contributed by atoms with van der Waals surface area (Å²) in [5.74, 6) is -0.377. The number of aryl methyl sites for hydroxylation is 1. The summed E-state index contributed by atoms with van der Waals surface area (Å²) in [4.78, 5) is 11.6. The van der Waals surface area contributed by atoms with Crippen molar-refractivity contribution < 1.29 is 9.53 Å². The molecule has 0 fully saturated rings. The van der Waals surface area contributed by atoms with E-state index in [1.165, 1.54) is 7.11 Å². The van der Waals surface area contributed by atoms with Crippen LogP contribution in [0, 0.1) is 6.92 Å². The Balaban J connectivity index is 2.47. The monoisotopic (exact) mass is 224 g/mol. The average Bonchev–Trinajstić information content (AvgIpc) is 2.56. The molecule has 0 N–H and O–H groups in total. The molecule has 2 nitrogen and oxygen atoms in total. The van der Waals surface area contributed by atoms with Crippen LogP contribution in [0.2, 0.25) is 0 Å². The smallest absolute Gasteiger partial charge is 0.313 e. The minimum Gasteiger partial charge on any atom is -0.469 e. The van der Waals surface area contributed by atoms with Gasteiger partial charge >= 0.3 is 5.97 Å². The van der Waals surface area contributed by atoms with Gasteiger partial charge in [-0.1, -0.05) is 18.2 Å². The van der Waals surface area contributed by atoms with Crippen LogP contribution in [-0.2, 0) is 9.53 Å². The number of methoxy groups -OCH3 is 1. The fraction of sp³-hybridized carbons (Fsp3) is 0.417. The van der Waals surface area contributed by atoms with Gasteiger partial charge in [-0.05, 0) is 30.0 Å². The van der Waals surface area contributed by atoms with Gasteiger partial charge in [0.25, 0.3) is 0 Å². The Morgan fingerprint density at radius 2 is 2.27 bits per heavy atom. The van der Waals surface area contributed by atoms with Crippen molar-refractivity contribution in [3.05, 3.63) is 34.9 Å². The van der Waals surface area contributed by atoms with Crippen LogP contribution >= 0.6 is 11.6 Å². The van der Waals surface area contributed by atoms with Crippen LogP contribution in [0.3, 0.4) is 0 Å². The largest absolute Gasteiger partial charge is 0.469 e. The lowest BCUT2D eigenvalue weighted by Crippen LogP contribution is -2.11. The molecule has 0 saturated heterocycles. The highest BCUT2D eigenvalue weighted by Crippen LogP contribution is 2.45. The summed E-state index contributed by atoms with van der Waals surface area (Å²) in [6.45, 7) is 2.02. The maximum absolute atomic E-state index is 11.6. The van der Waals surface area contributed by atoms with E-state index in [0.717, 1.165) is 16.7 Å². The van der Waals surface area contributed by atoms with Gasteiger partial charge in [-0.15, -0.1) is 11.6 Å². The molecular formula is C12H13ClO2. The molecule has 2 rings (SSSR count). The SMILES string of the molecule is COC(=O)C1CC(Cl)c2c(C)cccc21. The van der Waals surface area contributed by atoms with Crippen molar-refractivity contribution in [1.29, 1.82) is 0 Å². The van der Waals surface area contributed by atoms with Crippen LogP contribution in [0.1, 0.15) is 34.4 Å². The highest BCUT2D eigenvalue weighted by Gasteiger charge is 2.35. The first-order valence-corrected chi connectivity index (χ1v) is 5.40. The molecule has 0 spiro atoms. The summed E-state index contributed by atoms with van der Waals surface area (Å²) in [5.41, 5.74) is 3.29. The molecule has 1 aromatic rings. The maximum Gasteiger partial charge on any atom is 0.313 e. The number of halogens is 1. The fourth-order valence-electron chi connectivity index (χ4n) is 2.25. The Hall–Kier alpha value is -1.02. The van der Waals surface area contributed by atoms with Crippen LogP contribution < -0.4 is 0 Å². The van der Waals surface area contributed by atoms with Gasteiger partial charge in [-0.3, -0.25) is 4.79 Å². The van der Waals surface area contributed by atoms with Crippen molar-refractivity contribution in [3.8, 4) is 0 Å². The van der Waals surface area contributed by atoms with E-state index < -0.39 is 0 Å². The number of hydrogen-bond acceptors (Lipinski definition) is 2. The van der Waals surface area contributed by atoms with E-state index in [0.29, 0.717) is 6.42 Å². The number of ether oxygens (including phenoxy) is 1. The number of hydrogen-bond donors (Lipinski definition) is 0. The summed E-state index contributed by atoms with van der Waals surface area (Å²) < 4.78 is 4.78. The van der Waals surface area contributed by atoms with Crippen molar-refractivity contribution >= 4 is 17.6 Å². The van der Waals surface area contributed by atoms with E-state index in [1.807, 2.05) is 25.1 Å². The van der Waals surface area contributed by atoms with E-state index in [-0.39, 0.29) is 17.3 Å². The van der Waals surface area contributed by atoms with Crippen molar-refractivity contribution in [2.75, 3.05) is 7.11 Å². The topological polar surface area (TPSA) is 26.3 Å². The van der Waals surface area contributed by atoms with E-state index in [9.17, 15) is 4.79 Å². The van der Waals surface area contributed by atoms with E-state index in [4.69, 9.17) is 16.3 Å². The van der Waals surface area contributed by atoms with Crippen molar-refractivity contribution in [2.24, 2.45) is 0 Å². The molecule has 1 aliphatic rings. The number of benzene rings is 1. The molecule has 0 heterocycles. The standard InChI is InChI=1S/C12H13ClO2/c1-7-4-3-5-8-9(12(14)15-2)6-10(13)11(7)8/h3-5,9-10H,6H2,1-2H3. The quantitative estimate of drug-likeness (QED) is 0.542. The molecule has 0 saturated carbocycles. The van der Waals surface area contributed by atoms with Gasteiger partial charge in [0.2, 0.25) is 0 Å². The molecule has 15 heavy (non-hydrogen) atoms. The Morgan fingerprint density at radius 3 is 2.93 bits per heavy atom. The molecule has 0 aromatic heterocycles. The fourth-order valence-corrected chi connectivity index (χ4v) is 2.73. The van der Waals surface area contributed by atoms with Crippen LogP contribution in [0.4, 0.5) is 0 Å². The molecule has 0 radical (unpaired) electrons. The zero-order valence-electron chi connectivity index (χ0n) is 8.79.